The molecule has 0 aliphatic rings. The third kappa shape index (κ3) is 4.61. The fourth-order valence-electron chi connectivity index (χ4n) is 1.12. The number of hydrogen-bond acceptors (Lipinski definition) is 4. The molecule has 0 saturated heterocycles. The van der Waals surface area contributed by atoms with Gasteiger partial charge in [-0.25, -0.2) is 13.1 Å². The van der Waals surface area contributed by atoms with Crippen LogP contribution in [0, 0.1) is 0 Å². The highest BCUT2D eigenvalue weighted by Crippen LogP contribution is 2.10. The van der Waals surface area contributed by atoms with E-state index < -0.39 is 10.0 Å². The lowest BCUT2D eigenvalue weighted by Crippen LogP contribution is -2.27. The molecule has 16 heavy (non-hydrogen) atoms. The number of phenols is 1. The van der Waals surface area contributed by atoms with Gasteiger partial charge in [0.25, 0.3) is 0 Å². The first-order valence-electron chi connectivity index (χ1n) is 4.78. The van der Waals surface area contributed by atoms with Crippen molar-refractivity contribution in [2.75, 3.05) is 19.5 Å². The largest absolute Gasteiger partial charge is 0.508 e. The smallest absolute Gasteiger partial charge is 0.214 e. The number of benzene rings is 1. The monoisotopic (exact) mass is 245 g/mol. The number of aromatic hydroxyl groups is 1. The van der Waals surface area contributed by atoms with Crippen LogP contribution in [0.15, 0.2) is 24.3 Å². The summed E-state index contributed by atoms with van der Waals surface area (Å²) in [7, 11) is -1.86. The molecule has 0 amide bonds. The fourth-order valence-corrected chi connectivity index (χ4v) is 2.04. The number of ether oxygens (including phenoxy) is 1. The number of rotatable bonds is 6. The third-order valence-electron chi connectivity index (χ3n) is 1.96. The van der Waals surface area contributed by atoms with E-state index in [9.17, 15) is 13.5 Å². The molecule has 0 atom stereocenters. The topological polar surface area (TPSA) is 75.6 Å². The van der Waals surface area contributed by atoms with Crippen LogP contribution in [0.25, 0.3) is 0 Å². The van der Waals surface area contributed by atoms with Gasteiger partial charge in [0.15, 0.2) is 0 Å². The molecule has 90 valence electrons. The van der Waals surface area contributed by atoms with E-state index in [0.717, 1.165) is 0 Å². The summed E-state index contributed by atoms with van der Waals surface area (Å²) in [5.41, 5.74) is 0.709. The van der Waals surface area contributed by atoms with Crippen LogP contribution in [0.1, 0.15) is 5.56 Å². The van der Waals surface area contributed by atoms with Crippen molar-refractivity contribution < 1.29 is 18.3 Å². The Balaban J connectivity index is 2.51. The van der Waals surface area contributed by atoms with Gasteiger partial charge in [-0.2, -0.15) is 0 Å². The maximum atomic E-state index is 11.4. The molecule has 1 aromatic rings. The van der Waals surface area contributed by atoms with Crippen molar-refractivity contribution in [1.29, 1.82) is 0 Å². The minimum atomic E-state index is -3.31. The predicted molar refractivity (Wildman–Crippen MR) is 60.6 cm³/mol. The van der Waals surface area contributed by atoms with E-state index in [0.29, 0.717) is 5.56 Å². The Morgan fingerprint density at radius 3 is 2.81 bits per heavy atom. The molecule has 0 unspecified atom stereocenters. The van der Waals surface area contributed by atoms with Crippen LogP contribution < -0.4 is 4.72 Å². The molecule has 0 bridgehead atoms. The van der Waals surface area contributed by atoms with Gasteiger partial charge in [0, 0.05) is 13.7 Å². The lowest BCUT2D eigenvalue weighted by Gasteiger charge is -2.06. The molecule has 0 aromatic heterocycles. The van der Waals surface area contributed by atoms with E-state index in [2.05, 4.69) is 9.46 Å². The minimum absolute atomic E-state index is 0.0671. The van der Waals surface area contributed by atoms with Crippen LogP contribution in [0.4, 0.5) is 0 Å². The quantitative estimate of drug-likeness (QED) is 0.763. The Bertz CT molecular complexity index is 430. The van der Waals surface area contributed by atoms with Crippen LogP contribution in [0.3, 0.4) is 0 Å². The molecule has 0 spiro atoms. The van der Waals surface area contributed by atoms with E-state index in [-0.39, 0.29) is 24.7 Å². The van der Waals surface area contributed by atoms with Crippen molar-refractivity contribution in [3.63, 3.8) is 0 Å². The van der Waals surface area contributed by atoms with E-state index in [1.165, 1.54) is 19.2 Å². The summed E-state index contributed by atoms with van der Waals surface area (Å²) in [4.78, 5) is 0. The van der Waals surface area contributed by atoms with Crippen molar-refractivity contribution in [1.82, 2.24) is 4.72 Å². The van der Waals surface area contributed by atoms with Crippen LogP contribution >= 0.6 is 0 Å². The van der Waals surface area contributed by atoms with Gasteiger partial charge in [-0.05, 0) is 17.7 Å². The standard InChI is InChI=1S/C10H15NO4S/c1-15-5-6-16(13,14)11-8-9-3-2-4-10(12)7-9/h2-4,7,11-12H,5-6,8H2,1H3. The zero-order valence-corrected chi connectivity index (χ0v) is 9.83. The number of phenolic OH excluding ortho intramolecular Hbond substituents is 1. The molecule has 0 aliphatic heterocycles. The van der Waals surface area contributed by atoms with Gasteiger partial charge < -0.3 is 9.84 Å². The summed E-state index contributed by atoms with van der Waals surface area (Å²) in [6.07, 6.45) is 0. The summed E-state index contributed by atoms with van der Waals surface area (Å²) < 4.78 is 29.9. The molecule has 0 fully saturated rings. The molecule has 0 radical (unpaired) electrons. The summed E-state index contributed by atoms with van der Waals surface area (Å²) >= 11 is 0. The van der Waals surface area contributed by atoms with Crippen molar-refractivity contribution in [3.8, 4) is 5.75 Å². The summed E-state index contributed by atoms with van der Waals surface area (Å²) in [6.45, 7) is 0.329. The number of methoxy groups -OCH3 is 1. The van der Waals surface area contributed by atoms with Crippen LogP contribution in [-0.2, 0) is 21.3 Å². The van der Waals surface area contributed by atoms with Gasteiger partial charge in [-0.3, -0.25) is 0 Å². The van der Waals surface area contributed by atoms with Gasteiger partial charge in [-0.1, -0.05) is 12.1 Å². The Labute approximate surface area is 95.1 Å². The normalized spacial score (nSPS) is 11.6. The average molecular weight is 245 g/mol. The maximum Gasteiger partial charge on any atom is 0.214 e. The molecular formula is C10H15NO4S. The minimum Gasteiger partial charge on any atom is -0.508 e. The Morgan fingerprint density at radius 1 is 1.44 bits per heavy atom. The Morgan fingerprint density at radius 2 is 2.19 bits per heavy atom. The Hall–Kier alpha value is -1.11. The molecule has 1 aromatic carbocycles. The predicted octanol–water partition coefficient (Wildman–Crippen LogP) is 0.458. The molecular weight excluding hydrogens is 230 g/mol. The van der Waals surface area contributed by atoms with Crippen molar-refractivity contribution in [2.24, 2.45) is 0 Å². The fraction of sp³-hybridized carbons (Fsp3) is 0.400. The second-order valence-electron chi connectivity index (χ2n) is 3.30. The maximum absolute atomic E-state index is 11.4. The van der Waals surface area contributed by atoms with Gasteiger partial charge in [0.2, 0.25) is 10.0 Å². The number of hydrogen-bond donors (Lipinski definition) is 2. The number of sulfonamides is 1. The van der Waals surface area contributed by atoms with Crippen molar-refractivity contribution in [3.05, 3.63) is 29.8 Å². The second kappa shape index (κ2) is 5.83. The Kier molecular flexibility index (Phi) is 4.72. The van der Waals surface area contributed by atoms with E-state index >= 15 is 0 Å². The second-order valence-corrected chi connectivity index (χ2v) is 5.23. The van der Waals surface area contributed by atoms with Crippen molar-refractivity contribution >= 4 is 10.0 Å². The zero-order chi connectivity index (χ0) is 12.0. The van der Waals surface area contributed by atoms with Gasteiger partial charge >= 0.3 is 0 Å². The highest BCUT2D eigenvalue weighted by Gasteiger charge is 2.09. The van der Waals surface area contributed by atoms with Crippen molar-refractivity contribution in [2.45, 2.75) is 6.54 Å². The molecule has 1 rings (SSSR count). The molecule has 0 heterocycles. The molecule has 6 heteroatoms. The molecule has 2 N–H and O–H groups in total. The lowest BCUT2D eigenvalue weighted by molar-refractivity contribution is 0.217. The summed E-state index contributed by atoms with van der Waals surface area (Å²) in [6, 6.07) is 6.44. The lowest BCUT2D eigenvalue weighted by atomic mass is 10.2. The first-order chi connectivity index (χ1) is 7.53. The van der Waals surface area contributed by atoms with Gasteiger partial charge in [-0.15, -0.1) is 0 Å². The first kappa shape index (κ1) is 13.0. The first-order valence-corrected chi connectivity index (χ1v) is 6.43. The van der Waals surface area contributed by atoms with Crippen LogP contribution in [0.2, 0.25) is 0 Å². The van der Waals surface area contributed by atoms with Gasteiger partial charge in [0.05, 0.1) is 12.4 Å². The molecule has 0 saturated carbocycles. The van der Waals surface area contributed by atoms with Crippen LogP contribution in [0.5, 0.6) is 5.75 Å². The summed E-state index contributed by atoms with van der Waals surface area (Å²) in [5.74, 6) is 0.0519. The number of nitrogens with one attached hydrogen (secondary N) is 1. The molecule has 5 nitrogen and oxygen atoms in total. The van der Waals surface area contributed by atoms with E-state index in [1.54, 1.807) is 12.1 Å². The zero-order valence-electron chi connectivity index (χ0n) is 9.01. The molecule has 0 aliphatic carbocycles. The van der Waals surface area contributed by atoms with Gasteiger partial charge in [0.1, 0.15) is 5.75 Å². The summed E-state index contributed by atoms with van der Waals surface area (Å²) in [5, 5.41) is 9.19. The average Bonchev–Trinajstić information content (AvgIpc) is 2.24. The van der Waals surface area contributed by atoms with E-state index in [1.807, 2.05) is 0 Å². The van der Waals surface area contributed by atoms with Crippen LogP contribution in [-0.4, -0.2) is 33.0 Å². The highest BCUT2D eigenvalue weighted by atomic mass is 32.2. The SMILES string of the molecule is COCCS(=O)(=O)NCc1cccc(O)c1. The van der Waals surface area contributed by atoms with E-state index in [4.69, 9.17) is 0 Å². The third-order valence-corrected chi connectivity index (χ3v) is 3.25. The highest BCUT2D eigenvalue weighted by molar-refractivity contribution is 7.89.